The molecule has 4 rings (SSSR count). The molecule has 38 heavy (non-hydrogen) atoms. The van der Waals surface area contributed by atoms with Crippen molar-refractivity contribution in [3.8, 4) is 22.6 Å². The van der Waals surface area contributed by atoms with E-state index in [0.29, 0.717) is 11.3 Å². The summed E-state index contributed by atoms with van der Waals surface area (Å²) in [6.45, 7) is 6.41. The zero-order valence-corrected chi connectivity index (χ0v) is 21.9. The fraction of sp³-hybridized carbons (Fsp3) is 0.188. The van der Waals surface area contributed by atoms with Crippen LogP contribution >= 0.6 is 0 Å². The lowest BCUT2D eigenvalue weighted by atomic mass is 9.94. The van der Waals surface area contributed by atoms with E-state index in [2.05, 4.69) is 38.1 Å². The second-order valence-electron chi connectivity index (χ2n) is 9.40. The number of carboxylic acids is 2. The minimum atomic E-state index is -1.18. The van der Waals surface area contributed by atoms with E-state index in [1.54, 1.807) is 13.2 Å². The molecule has 0 atom stereocenters. The molecule has 0 spiro atoms. The molecule has 0 aliphatic carbocycles. The van der Waals surface area contributed by atoms with Gasteiger partial charge in [-0.15, -0.1) is 0 Å². The largest absolute Gasteiger partial charge is 0.496 e. The molecule has 0 aliphatic heterocycles. The fourth-order valence-electron chi connectivity index (χ4n) is 4.68. The Hall–Kier alpha value is -4.58. The van der Waals surface area contributed by atoms with Gasteiger partial charge < -0.3 is 19.7 Å². The van der Waals surface area contributed by atoms with Crippen LogP contribution in [0.4, 0.5) is 0 Å². The maximum atomic E-state index is 11.9. The molecule has 0 saturated carbocycles. The molecule has 0 bridgehead atoms. The SMILES string of the molecule is COc1cccc(Cc2ccc(C(=O)O)cc2C(=O)O)c1COc1ccc(-c2cc(C)cc(C)c2)cc1C. The molecule has 0 saturated heterocycles. The second kappa shape index (κ2) is 11.2. The van der Waals surface area contributed by atoms with Crippen LogP contribution in [-0.4, -0.2) is 29.3 Å². The van der Waals surface area contributed by atoms with Crippen molar-refractivity contribution < 1.29 is 29.3 Å². The molecule has 0 unspecified atom stereocenters. The first-order valence-electron chi connectivity index (χ1n) is 12.2. The van der Waals surface area contributed by atoms with E-state index in [9.17, 15) is 19.8 Å². The lowest BCUT2D eigenvalue weighted by molar-refractivity contribution is 0.0695. The van der Waals surface area contributed by atoms with Gasteiger partial charge in [-0.2, -0.15) is 0 Å². The number of hydrogen-bond donors (Lipinski definition) is 2. The Bertz CT molecular complexity index is 1500. The number of methoxy groups -OCH3 is 1. The minimum Gasteiger partial charge on any atom is -0.496 e. The third kappa shape index (κ3) is 5.86. The van der Waals surface area contributed by atoms with E-state index in [4.69, 9.17) is 9.47 Å². The number of aromatic carboxylic acids is 2. The first kappa shape index (κ1) is 26.5. The van der Waals surface area contributed by atoms with Crippen LogP contribution < -0.4 is 9.47 Å². The molecule has 0 aromatic heterocycles. The Morgan fingerprint density at radius 2 is 1.47 bits per heavy atom. The molecular formula is C32H30O6. The van der Waals surface area contributed by atoms with Crippen molar-refractivity contribution in [3.63, 3.8) is 0 Å². The summed E-state index contributed by atoms with van der Waals surface area (Å²) < 4.78 is 11.8. The highest BCUT2D eigenvalue weighted by Crippen LogP contribution is 2.31. The van der Waals surface area contributed by atoms with E-state index in [0.717, 1.165) is 33.6 Å². The first-order chi connectivity index (χ1) is 18.2. The number of carboxylic acid groups (broad SMARTS) is 2. The fourth-order valence-corrected chi connectivity index (χ4v) is 4.68. The number of rotatable bonds is 9. The van der Waals surface area contributed by atoms with Gasteiger partial charge in [-0.05, 0) is 85.3 Å². The maximum Gasteiger partial charge on any atom is 0.336 e. The van der Waals surface area contributed by atoms with Crippen LogP contribution in [0.1, 0.15) is 54.1 Å². The normalized spacial score (nSPS) is 10.7. The van der Waals surface area contributed by atoms with Crippen LogP contribution in [0, 0.1) is 20.8 Å². The highest BCUT2D eigenvalue weighted by Gasteiger charge is 2.18. The summed E-state index contributed by atoms with van der Waals surface area (Å²) in [6.07, 6.45) is 0.280. The van der Waals surface area contributed by atoms with Crippen molar-refractivity contribution in [2.45, 2.75) is 33.8 Å². The molecule has 6 nitrogen and oxygen atoms in total. The summed E-state index contributed by atoms with van der Waals surface area (Å²) in [4.78, 5) is 23.2. The highest BCUT2D eigenvalue weighted by molar-refractivity contribution is 5.95. The van der Waals surface area contributed by atoms with Crippen molar-refractivity contribution in [1.82, 2.24) is 0 Å². The molecular weight excluding hydrogens is 480 g/mol. The Balaban J connectivity index is 1.62. The Morgan fingerprint density at radius 3 is 2.11 bits per heavy atom. The van der Waals surface area contributed by atoms with Crippen LogP contribution in [0.15, 0.2) is 72.8 Å². The van der Waals surface area contributed by atoms with Gasteiger partial charge in [-0.1, -0.05) is 53.6 Å². The zero-order chi connectivity index (χ0) is 27.4. The number of hydrogen-bond acceptors (Lipinski definition) is 4. The summed E-state index contributed by atoms with van der Waals surface area (Å²) in [5.41, 5.74) is 7.72. The smallest absolute Gasteiger partial charge is 0.336 e. The maximum absolute atomic E-state index is 11.9. The van der Waals surface area contributed by atoms with Crippen LogP contribution in [-0.2, 0) is 13.0 Å². The third-order valence-corrected chi connectivity index (χ3v) is 6.52. The first-order valence-corrected chi connectivity index (χ1v) is 12.2. The standard InChI is InChI=1S/C32H30O6/c1-19-12-20(2)14-26(13-19)22-10-11-29(21(3)15-22)38-18-28-23(6-5-7-30(28)37-4)16-24-8-9-25(31(33)34)17-27(24)32(35)36/h5-15,17H,16,18H2,1-4H3,(H,33,34)(H,35,36). The Labute approximate surface area is 222 Å². The number of ether oxygens (including phenoxy) is 2. The lowest BCUT2D eigenvalue weighted by Gasteiger charge is -2.17. The number of benzene rings is 4. The summed E-state index contributed by atoms with van der Waals surface area (Å²) in [7, 11) is 1.58. The minimum absolute atomic E-state index is 0.0441. The van der Waals surface area contributed by atoms with Gasteiger partial charge in [0.1, 0.15) is 18.1 Å². The molecule has 4 aromatic rings. The molecule has 0 fully saturated rings. The Kier molecular flexibility index (Phi) is 7.82. The predicted molar refractivity (Wildman–Crippen MR) is 147 cm³/mol. The van der Waals surface area contributed by atoms with Gasteiger partial charge in [-0.3, -0.25) is 0 Å². The average molecular weight is 511 g/mol. The molecule has 0 heterocycles. The molecule has 0 radical (unpaired) electrons. The lowest BCUT2D eigenvalue weighted by Crippen LogP contribution is -2.09. The van der Waals surface area contributed by atoms with E-state index in [1.165, 1.54) is 23.3 Å². The van der Waals surface area contributed by atoms with Crippen molar-refractivity contribution in [2.75, 3.05) is 7.11 Å². The van der Waals surface area contributed by atoms with E-state index >= 15 is 0 Å². The number of carbonyl (C=O) groups is 2. The molecule has 0 aliphatic rings. The van der Waals surface area contributed by atoms with Gasteiger partial charge in [0, 0.05) is 5.56 Å². The molecule has 194 valence electrons. The molecule has 2 N–H and O–H groups in total. The van der Waals surface area contributed by atoms with Crippen molar-refractivity contribution in [3.05, 3.63) is 117 Å². The van der Waals surface area contributed by atoms with Crippen LogP contribution in [0.5, 0.6) is 11.5 Å². The third-order valence-electron chi connectivity index (χ3n) is 6.52. The van der Waals surface area contributed by atoms with Gasteiger partial charge in [0.05, 0.1) is 18.2 Å². The van der Waals surface area contributed by atoms with Gasteiger partial charge in [0.2, 0.25) is 0 Å². The van der Waals surface area contributed by atoms with E-state index in [-0.39, 0.29) is 24.2 Å². The highest BCUT2D eigenvalue weighted by atomic mass is 16.5. The summed E-state index contributed by atoms with van der Waals surface area (Å²) in [5.74, 6) is -0.977. The van der Waals surface area contributed by atoms with Gasteiger partial charge >= 0.3 is 11.9 Å². The topological polar surface area (TPSA) is 93.1 Å². The second-order valence-corrected chi connectivity index (χ2v) is 9.40. The Morgan fingerprint density at radius 1 is 0.737 bits per heavy atom. The molecule has 0 amide bonds. The average Bonchev–Trinajstić information content (AvgIpc) is 2.87. The van der Waals surface area contributed by atoms with Crippen LogP contribution in [0.2, 0.25) is 0 Å². The monoisotopic (exact) mass is 510 g/mol. The van der Waals surface area contributed by atoms with Crippen LogP contribution in [0.3, 0.4) is 0 Å². The summed E-state index contributed by atoms with van der Waals surface area (Å²) >= 11 is 0. The molecule has 4 aromatic carbocycles. The van der Waals surface area contributed by atoms with Gasteiger partial charge in [0.25, 0.3) is 0 Å². The van der Waals surface area contributed by atoms with E-state index in [1.807, 2.05) is 37.3 Å². The summed E-state index contributed by atoms with van der Waals surface area (Å²) in [5, 5.41) is 19.0. The van der Waals surface area contributed by atoms with Crippen molar-refractivity contribution >= 4 is 11.9 Å². The van der Waals surface area contributed by atoms with E-state index < -0.39 is 11.9 Å². The summed E-state index contributed by atoms with van der Waals surface area (Å²) in [6, 6.07) is 22.3. The van der Waals surface area contributed by atoms with Gasteiger partial charge in [0.15, 0.2) is 0 Å². The molecule has 6 heteroatoms. The van der Waals surface area contributed by atoms with Crippen molar-refractivity contribution in [1.29, 1.82) is 0 Å². The predicted octanol–water partition coefficient (Wildman–Crippen LogP) is 6.85. The zero-order valence-electron chi connectivity index (χ0n) is 21.9. The van der Waals surface area contributed by atoms with Gasteiger partial charge in [-0.25, -0.2) is 9.59 Å². The number of aryl methyl sites for hydroxylation is 3. The van der Waals surface area contributed by atoms with Crippen LogP contribution in [0.25, 0.3) is 11.1 Å². The quantitative estimate of drug-likeness (QED) is 0.256. The van der Waals surface area contributed by atoms with Crippen molar-refractivity contribution in [2.24, 2.45) is 0 Å².